The molecular formula is C42H51N13O5. The summed E-state index contributed by atoms with van der Waals surface area (Å²) in [5.41, 5.74) is 2.27. The number of carboxylic acid groups (broad SMARTS) is 1. The van der Waals surface area contributed by atoms with E-state index in [1.807, 2.05) is 4.90 Å². The lowest BCUT2D eigenvalue weighted by Gasteiger charge is -2.38. The van der Waals surface area contributed by atoms with E-state index in [9.17, 15) is 9.59 Å². The van der Waals surface area contributed by atoms with Gasteiger partial charge in [0.05, 0.1) is 55.2 Å². The second kappa shape index (κ2) is 16.6. The first-order valence-corrected chi connectivity index (χ1v) is 21.3. The maximum atomic E-state index is 13.2. The molecule has 4 aromatic rings. The highest BCUT2D eigenvalue weighted by Crippen LogP contribution is 2.42. The summed E-state index contributed by atoms with van der Waals surface area (Å²) in [6.45, 7) is 9.29. The Bertz CT molecular complexity index is 2160. The molecule has 6 fully saturated rings. The van der Waals surface area contributed by atoms with Crippen LogP contribution in [0, 0.1) is 11.8 Å². The number of carbonyl (C=O) groups excluding carboxylic acids is 1. The summed E-state index contributed by atoms with van der Waals surface area (Å²) in [5, 5.41) is 14.8. The Kier molecular flexibility index (Phi) is 10.6. The third-order valence-corrected chi connectivity index (χ3v) is 12.6. The van der Waals surface area contributed by atoms with Gasteiger partial charge in [0.25, 0.3) is 0 Å². The second-order valence-electron chi connectivity index (χ2n) is 16.7. The van der Waals surface area contributed by atoms with Gasteiger partial charge >= 0.3 is 12.0 Å². The maximum absolute atomic E-state index is 13.2. The highest BCUT2D eigenvalue weighted by Gasteiger charge is 2.42. The van der Waals surface area contributed by atoms with Gasteiger partial charge in [0, 0.05) is 83.2 Å². The van der Waals surface area contributed by atoms with Gasteiger partial charge in [-0.25, -0.2) is 29.5 Å². The van der Waals surface area contributed by atoms with Crippen molar-refractivity contribution < 1.29 is 24.2 Å². The number of rotatable bonds is 6. The molecule has 3 N–H and O–H groups in total. The summed E-state index contributed by atoms with van der Waals surface area (Å²) in [4.78, 5) is 59.8. The number of carbonyl (C=O) groups is 2. The van der Waals surface area contributed by atoms with Crippen molar-refractivity contribution in [3.8, 4) is 0 Å². The van der Waals surface area contributed by atoms with Gasteiger partial charge in [-0.1, -0.05) is 0 Å². The summed E-state index contributed by atoms with van der Waals surface area (Å²) in [6.07, 6.45) is 16.8. The molecule has 2 unspecified atom stereocenters. The number of morpholine rings is 2. The Labute approximate surface area is 348 Å². The van der Waals surface area contributed by atoms with E-state index in [1.54, 1.807) is 18.6 Å². The molecule has 314 valence electrons. The average Bonchev–Trinajstić information content (AvgIpc) is 4.24. The van der Waals surface area contributed by atoms with Crippen LogP contribution in [0.1, 0.15) is 49.0 Å². The minimum atomic E-state index is -1.05. The van der Waals surface area contributed by atoms with Crippen LogP contribution in [0.4, 0.5) is 45.3 Å². The van der Waals surface area contributed by atoms with Crippen LogP contribution in [-0.2, 0) is 9.47 Å². The number of aromatic nitrogens is 6. The van der Waals surface area contributed by atoms with E-state index in [0.29, 0.717) is 30.0 Å². The molecular weight excluding hydrogens is 767 g/mol. The topological polar surface area (TPSA) is 190 Å². The fraction of sp³-hybridized carbons (Fsp3) is 0.524. The van der Waals surface area contributed by atoms with Crippen LogP contribution in [-0.4, -0.2) is 137 Å². The Balaban J connectivity index is 0.000000124. The normalized spacial score (nSPS) is 24.8. The molecule has 4 atom stereocenters. The molecule has 18 heteroatoms. The van der Waals surface area contributed by atoms with Gasteiger partial charge in [0.1, 0.15) is 11.6 Å². The van der Waals surface area contributed by atoms with Crippen molar-refractivity contribution in [2.24, 2.45) is 11.8 Å². The van der Waals surface area contributed by atoms with Gasteiger partial charge in [0.15, 0.2) is 23.1 Å². The van der Waals surface area contributed by atoms with Crippen molar-refractivity contribution in [2.45, 2.75) is 62.8 Å². The monoisotopic (exact) mass is 817 g/mol. The summed E-state index contributed by atoms with van der Waals surface area (Å²) in [6, 6.07) is 9.13. The molecule has 12 rings (SSSR count). The van der Waals surface area contributed by atoms with E-state index in [4.69, 9.17) is 24.5 Å². The fourth-order valence-corrected chi connectivity index (χ4v) is 9.12. The summed E-state index contributed by atoms with van der Waals surface area (Å²) >= 11 is 0. The van der Waals surface area contributed by atoms with Gasteiger partial charge in [-0.05, 0) is 74.6 Å². The predicted molar refractivity (Wildman–Crippen MR) is 225 cm³/mol. The predicted octanol–water partition coefficient (Wildman–Crippen LogP) is 3.99. The Morgan fingerprint density at radius 2 is 1.33 bits per heavy atom. The van der Waals surface area contributed by atoms with Gasteiger partial charge in [-0.3, -0.25) is 20.2 Å². The van der Waals surface area contributed by atoms with Gasteiger partial charge in [0.2, 0.25) is 0 Å². The summed E-state index contributed by atoms with van der Waals surface area (Å²) < 4.78 is 11.9. The molecule has 18 nitrogen and oxygen atoms in total. The number of amides is 2. The number of anilines is 7. The molecule has 4 aromatic heterocycles. The fourth-order valence-electron chi connectivity index (χ4n) is 9.12. The lowest BCUT2D eigenvalue weighted by atomic mass is 10.1. The van der Waals surface area contributed by atoms with Crippen LogP contribution >= 0.6 is 0 Å². The average molecular weight is 818 g/mol. The minimum Gasteiger partial charge on any atom is -0.476 e. The number of hydrogen-bond donors (Lipinski definition) is 3. The van der Waals surface area contributed by atoms with Gasteiger partial charge < -0.3 is 39.5 Å². The standard InChI is InChI=1S/C21H25N7O2.C16H22N4O.C5H4N2O2/c29-21(24-18-11-22-6-7-23-18)28-15-5-8-26(12-15)16-3-4-19(25-20(16)28)27-9-10-30-17(13-27)14-1-2-14;1-2-11(1)14-10-20(7-8-21-14)15-4-3-13-16(18-15)17-12-5-6-19(13)9-12;8-5(9)4-3-6-1-2-7-4/h3-4,6-7,11,14-15,17H,1-2,5,8-10,12-13H2,(H,23,24,29);3-4,11-12,14H,1-2,5-10H2,(H,17,18);1-3H,(H,8,9)/t15-,17?;12-,14?;/m00./s1. The number of nitrogens with zero attached hydrogens (tertiary/aromatic N) is 11. The van der Waals surface area contributed by atoms with Crippen molar-refractivity contribution in [1.29, 1.82) is 0 Å². The molecule has 8 aliphatic rings. The molecule has 10 heterocycles. The van der Waals surface area contributed by atoms with Gasteiger partial charge in [-0.15, -0.1) is 0 Å². The third kappa shape index (κ3) is 8.30. The molecule has 0 aromatic carbocycles. The van der Waals surface area contributed by atoms with Crippen LogP contribution in [0.2, 0.25) is 0 Å². The number of aromatic carboxylic acids is 1. The van der Waals surface area contributed by atoms with Crippen LogP contribution < -0.4 is 35.1 Å². The van der Waals surface area contributed by atoms with Gasteiger partial charge in [-0.2, -0.15) is 0 Å². The Morgan fingerprint density at radius 1 is 0.683 bits per heavy atom. The lowest BCUT2D eigenvalue weighted by Crippen LogP contribution is -2.49. The first kappa shape index (κ1) is 38.3. The van der Waals surface area contributed by atoms with E-state index in [2.05, 4.69) is 74.4 Å². The minimum absolute atomic E-state index is 0.0301. The zero-order valence-electron chi connectivity index (χ0n) is 33.6. The van der Waals surface area contributed by atoms with E-state index < -0.39 is 5.97 Å². The molecule has 6 aliphatic heterocycles. The highest BCUT2D eigenvalue weighted by atomic mass is 16.5. The van der Waals surface area contributed by atoms with Crippen molar-refractivity contribution >= 4 is 52.5 Å². The van der Waals surface area contributed by atoms with Crippen molar-refractivity contribution in [3.05, 3.63) is 67.1 Å². The largest absolute Gasteiger partial charge is 0.476 e. The zero-order valence-corrected chi connectivity index (χ0v) is 33.6. The Morgan fingerprint density at radius 3 is 1.97 bits per heavy atom. The number of pyridine rings is 2. The SMILES string of the molecule is O=C(Nc1cnccn1)N1c2nc(N3CCOC(C4CC4)C3)ccc2N2CC[C@H]1C2.O=C(O)c1cnccn1.c1cc2c(nc1N1CCOC(C3CC3)C1)N[C@H]1CCN2C1. The molecule has 0 spiro atoms. The van der Waals surface area contributed by atoms with Crippen molar-refractivity contribution in [2.75, 3.05) is 101 Å². The quantitative estimate of drug-likeness (QED) is 0.253. The maximum Gasteiger partial charge on any atom is 0.356 e. The highest BCUT2D eigenvalue weighted by molar-refractivity contribution is 6.04. The van der Waals surface area contributed by atoms with E-state index in [0.717, 1.165) is 107 Å². The molecule has 4 bridgehead atoms. The number of ether oxygens (including phenoxy) is 2. The number of fused-ring (bicyclic) bond motifs is 8. The van der Waals surface area contributed by atoms with Crippen molar-refractivity contribution in [1.82, 2.24) is 29.9 Å². The zero-order chi connectivity index (χ0) is 40.6. The number of nitrogens with one attached hydrogen (secondary N) is 2. The molecule has 2 saturated carbocycles. The first-order chi connectivity index (χ1) is 29.4. The third-order valence-electron chi connectivity index (χ3n) is 12.6. The first-order valence-electron chi connectivity index (χ1n) is 21.3. The molecule has 0 radical (unpaired) electrons. The van der Waals surface area contributed by atoms with Crippen LogP contribution in [0.25, 0.3) is 0 Å². The number of carboxylic acids is 1. The number of urea groups is 1. The van der Waals surface area contributed by atoms with E-state index in [-0.39, 0.29) is 17.8 Å². The van der Waals surface area contributed by atoms with E-state index >= 15 is 0 Å². The lowest BCUT2D eigenvalue weighted by molar-refractivity contribution is 0.0260. The molecule has 2 aliphatic carbocycles. The smallest absolute Gasteiger partial charge is 0.356 e. The van der Waals surface area contributed by atoms with Crippen LogP contribution in [0.3, 0.4) is 0 Å². The number of hydrogen-bond acceptors (Lipinski definition) is 15. The Hall–Kier alpha value is -5.88. The summed E-state index contributed by atoms with van der Waals surface area (Å²) in [7, 11) is 0. The van der Waals surface area contributed by atoms with Crippen LogP contribution in [0.15, 0.2) is 61.4 Å². The van der Waals surface area contributed by atoms with E-state index in [1.165, 1.54) is 56.4 Å². The van der Waals surface area contributed by atoms with Crippen molar-refractivity contribution in [3.63, 3.8) is 0 Å². The molecule has 2 amide bonds. The summed E-state index contributed by atoms with van der Waals surface area (Å²) in [5.74, 6) is 4.73. The second-order valence-corrected chi connectivity index (χ2v) is 16.7. The molecule has 4 saturated heterocycles. The van der Waals surface area contributed by atoms with Crippen LogP contribution in [0.5, 0.6) is 0 Å². The molecule has 60 heavy (non-hydrogen) atoms.